The molecule has 4 N–H and O–H groups in total. The summed E-state index contributed by atoms with van der Waals surface area (Å²) < 4.78 is 0. The van der Waals surface area contributed by atoms with Crippen LogP contribution in [0.5, 0.6) is 0 Å². The molecule has 0 aliphatic rings. The number of hydrogen-bond donors (Lipinski definition) is 4. The third-order valence-electron chi connectivity index (χ3n) is 2.10. The molecule has 0 unspecified atom stereocenters. The lowest BCUT2D eigenvalue weighted by Crippen LogP contribution is -2.41. The Kier molecular flexibility index (Phi) is 3.59. The minimum absolute atomic E-state index is 0.150. The largest absolute Gasteiger partial charge is 0.357 e. The van der Waals surface area contributed by atoms with Gasteiger partial charge in [-0.05, 0) is 18.2 Å². The van der Waals surface area contributed by atoms with Crippen molar-refractivity contribution in [2.75, 3.05) is 0 Å². The van der Waals surface area contributed by atoms with Crippen molar-refractivity contribution < 1.29 is 9.59 Å². The van der Waals surface area contributed by atoms with Crippen LogP contribution >= 0.6 is 23.2 Å². The fraction of sp³-hybridized carbons (Fsp3) is 0. The first kappa shape index (κ1) is 12.5. The number of aromatic amines is 2. The molecule has 2 heterocycles. The lowest BCUT2D eigenvalue weighted by atomic mass is 10.4. The summed E-state index contributed by atoms with van der Waals surface area (Å²) in [5, 5.41) is 0.398. The van der Waals surface area contributed by atoms with Gasteiger partial charge in [-0.3, -0.25) is 20.4 Å². The molecule has 2 aromatic heterocycles. The van der Waals surface area contributed by atoms with E-state index in [0.717, 1.165) is 0 Å². The highest BCUT2D eigenvalue weighted by Gasteiger charge is 2.13. The molecule has 0 atom stereocenters. The van der Waals surface area contributed by atoms with Crippen molar-refractivity contribution in [1.82, 2.24) is 20.8 Å². The van der Waals surface area contributed by atoms with Crippen LogP contribution in [0.1, 0.15) is 21.0 Å². The Morgan fingerprint density at radius 3 is 2.28 bits per heavy atom. The monoisotopic (exact) mass is 286 g/mol. The molecule has 6 nitrogen and oxygen atoms in total. The average molecular weight is 287 g/mol. The number of nitrogens with one attached hydrogen (secondary N) is 4. The first-order valence-corrected chi connectivity index (χ1v) is 5.61. The van der Waals surface area contributed by atoms with E-state index in [-0.39, 0.29) is 15.9 Å². The Morgan fingerprint density at radius 1 is 1.11 bits per heavy atom. The van der Waals surface area contributed by atoms with Crippen LogP contribution < -0.4 is 10.9 Å². The van der Waals surface area contributed by atoms with Crippen molar-refractivity contribution in [2.45, 2.75) is 0 Å². The molecule has 0 saturated carbocycles. The first-order chi connectivity index (χ1) is 8.58. The molecule has 0 radical (unpaired) electrons. The third kappa shape index (κ3) is 2.66. The molecule has 2 rings (SSSR count). The Bertz CT molecular complexity index is 557. The fourth-order valence-corrected chi connectivity index (χ4v) is 1.56. The van der Waals surface area contributed by atoms with Gasteiger partial charge < -0.3 is 9.97 Å². The zero-order valence-corrected chi connectivity index (χ0v) is 10.4. The number of hydrazine groups is 1. The van der Waals surface area contributed by atoms with E-state index >= 15 is 0 Å². The van der Waals surface area contributed by atoms with Crippen LogP contribution in [0.3, 0.4) is 0 Å². The molecule has 0 aromatic carbocycles. The van der Waals surface area contributed by atoms with E-state index in [1.165, 1.54) is 6.07 Å². The van der Waals surface area contributed by atoms with E-state index < -0.39 is 11.8 Å². The molecule has 94 valence electrons. The van der Waals surface area contributed by atoms with Gasteiger partial charge in [-0.1, -0.05) is 23.2 Å². The number of amides is 2. The highest BCUT2D eigenvalue weighted by molar-refractivity contribution is 6.41. The van der Waals surface area contributed by atoms with Crippen LogP contribution in [0, 0.1) is 0 Å². The Labute approximate surface area is 112 Å². The van der Waals surface area contributed by atoms with Crippen molar-refractivity contribution in [2.24, 2.45) is 0 Å². The molecule has 0 spiro atoms. The molecule has 8 heteroatoms. The van der Waals surface area contributed by atoms with Gasteiger partial charge in [0.1, 0.15) is 16.5 Å². The molecule has 2 aromatic rings. The quantitative estimate of drug-likeness (QED) is 0.633. The minimum Gasteiger partial charge on any atom is -0.357 e. The lowest BCUT2D eigenvalue weighted by Gasteiger charge is -2.04. The standard InChI is InChI=1S/C10H8Cl2N4O2/c11-5-4-7(14-8(5)12)10(18)16-15-9(17)6-2-1-3-13-6/h1-4,13-14H,(H,15,17)(H,16,18). The van der Waals surface area contributed by atoms with Crippen LogP contribution in [-0.2, 0) is 0 Å². The molecule has 0 saturated heterocycles. The van der Waals surface area contributed by atoms with Crippen LogP contribution in [0.2, 0.25) is 10.2 Å². The SMILES string of the molecule is O=C(NNC(=O)c1cc(Cl)c(Cl)[nH]1)c1ccc[nH]1. The molecule has 0 aliphatic heterocycles. The zero-order chi connectivity index (χ0) is 13.1. The van der Waals surface area contributed by atoms with Gasteiger partial charge in [0.25, 0.3) is 11.8 Å². The number of carbonyl (C=O) groups is 2. The van der Waals surface area contributed by atoms with Gasteiger partial charge in [0.2, 0.25) is 0 Å². The van der Waals surface area contributed by atoms with Crippen molar-refractivity contribution in [1.29, 1.82) is 0 Å². The second kappa shape index (κ2) is 5.16. The second-order valence-electron chi connectivity index (χ2n) is 3.34. The van der Waals surface area contributed by atoms with Crippen molar-refractivity contribution in [3.63, 3.8) is 0 Å². The summed E-state index contributed by atoms with van der Waals surface area (Å²) >= 11 is 11.3. The van der Waals surface area contributed by atoms with E-state index in [9.17, 15) is 9.59 Å². The maximum absolute atomic E-state index is 11.6. The van der Waals surface area contributed by atoms with Gasteiger partial charge in [-0.15, -0.1) is 0 Å². The van der Waals surface area contributed by atoms with Crippen LogP contribution in [0.15, 0.2) is 24.4 Å². The summed E-state index contributed by atoms with van der Waals surface area (Å²) in [4.78, 5) is 28.4. The molecule has 18 heavy (non-hydrogen) atoms. The third-order valence-corrected chi connectivity index (χ3v) is 2.79. The van der Waals surface area contributed by atoms with Crippen molar-refractivity contribution in [3.8, 4) is 0 Å². The summed E-state index contributed by atoms with van der Waals surface area (Å²) in [6.45, 7) is 0. The topological polar surface area (TPSA) is 89.8 Å². The summed E-state index contributed by atoms with van der Waals surface area (Å²) in [6, 6.07) is 4.60. The number of halogens is 2. The van der Waals surface area contributed by atoms with Crippen LogP contribution in [0.4, 0.5) is 0 Å². The number of H-pyrrole nitrogens is 2. The minimum atomic E-state index is -0.552. The number of carbonyl (C=O) groups excluding carboxylic acids is 2. The fourth-order valence-electron chi connectivity index (χ4n) is 1.25. The van der Waals surface area contributed by atoms with Crippen molar-refractivity contribution in [3.05, 3.63) is 46.0 Å². The maximum atomic E-state index is 11.6. The van der Waals surface area contributed by atoms with E-state index in [1.807, 2.05) is 0 Å². The van der Waals surface area contributed by atoms with Gasteiger partial charge in [0.05, 0.1) is 5.02 Å². The Balaban J connectivity index is 1.94. The van der Waals surface area contributed by atoms with Crippen LogP contribution in [0.25, 0.3) is 0 Å². The highest BCUT2D eigenvalue weighted by atomic mass is 35.5. The smallest absolute Gasteiger partial charge is 0.286 e. The Morgan fingerprint density at radius 2 is 1.78 bits per heavy atom. The van der Waals surface area contributed by atoms with E-state index in [0.29, 0.717) is 5.69 Å². The molecule has 0 bridgehead atoms. The predicted molar refractivity (Wildman–Crippen MR) is 66.5 cm³/mol. The Hall–Kier alpha value is -1.92. The second-order valence-corrected chi connectivity index (χ2v) is 4.12. The molecule has 0 aliphatic carbocycles. The number of hydrogen-bond acceptors (Lipinski definition) is 2. The van der Waals surface area contributed by atoms with Gasteiger partial charge in [0.15, 0.2) is 0 Å². The molecule has 2 amide bonds. The first-order valence-electron chi connectivity index (χ1n) is 4.86. The number of aromatic nitrogens is 2. The summed E-state index contributed by atoms with van der Waals surface area (Å²) in [5.41, 5.74) is 4.94. The zero-order valence-electron chi connectivity index (χ0n) is 8.88. The maximum Gasteiger partial charge on any atom is 0.286 e. The molecule has 0 fully saturated rings. The van der Waals surface area contributed by atoms with Gasteiger partial charge >= 0.3 is 0 Å². The highest BCUT2D eigenvalue weighted by Crippen LogP contribution is 2.21. The van der Waals surface area contributed by atoms with E-state index in [1.54, 1.807) is 18.3 Å². The predicted octanol–water partition coefficient (Wildman–Crippen LogP) is 1.72. The van der Waals surface area contributed by atoms with E-state index in [4.69, 9.17) is 23.2 Å². The molecular formula is C10H8Cl2N4O2. The van der Waals surface area contributed by atoms with E-state index in [2.05, 4.69) is 20.8 Å². The van der Waals surface area contributed by atoms with Gasteiger partial charge in [-0.2, -0.15) is 0 Å². The normalized spacial score (nSPS) is 10.1. The lowest BCUT2D eigenvalue weighted by molar-refractivity contribution is 0.0842. The van der Waals surface area contributed by atoms with Gasteiger partial charge in [0, 0.05) is 6.20 Å². The van der Waals surface area contributed by atoms with Gasteiger partial charge in [-0.25, -0.2) is 0 Å². The summed E-state index contributed by atoms with van der Waals surface area (Å²) in [7, 11) is 0. The summed E-state index contributed by atoms with van der Waals surface area (Å²) in [5.74, 6) is -1.01. The average Bonchev–Trinajstić information content (AvgIpc) is 2.97. The van der Waals surface area contributed by atoms with Crippen molar-refractivity contribution >= 4 is 35.0 Å². The number of rotatable bonds is 2. The van der Waals surface area contributed by atoms with Crippen LogP contribution in [-0.4, -0.2) is 21.8 Å². The summed E-state index contributed by atoms with van der Waals surface area (Å²) in [6.07, 6.45) is 1.60. The molecular weight excluding hydrogens is 279 g/mol.